The first-order chi connectivity index (χ1) is 9.42. The highest BCUT2D eigenvalue weighted by Crippen LogP contribution is 2.17. The Hall–Kier alpha value is -1.84. The molecule has 1 aromatic carbocycles. The van der Waals surface area contributed by atoms with Crippen LogP contribution in [0.4, 0.5) is 0 Å². The predicted molar refractivity (Wildman–Crippen MR) is 76.0 cm³/mol. The number of carboxylic acids is 1. The summed E-state index contributed by atoms with van der Waals surface area (Å²) in [5.41, 5.74) is 0.622. The average Bonchev–Trinajstić information content (AvgIpc) is 2.42. The van der Waals surface area contributed by atoms with Crippen LogP contribution < -0.4 is 4.72 Å². The number of hydrogen-bond donors (Lipinski definition) is 2. The zero-order chi connectivity index (χ0) is 15.2. The second kappa shape index (κ2) is 7.08. The van der Waals surface area contributed by atoms with Crippen LogP contribution in [0.15, 0.2) is 23.1 Å². The molecule has 0 aromatic heterocycles. The van der Waals surface area contributed by atoms with Crippen LogP contribution in [0.25, 0.3) is 0 Å². The van der Waals surface area contributed by atoms with Crippen LogP contribution in [0.5, 0.6) is 0 Å². The number of nitrogens with one attached hydrogen (secondary N) is 1. The van der Waals surface area contributed by atoms with E-state index in [2.05, 4.69) is 16.6 Å². The third-order valence-corrected chi connectivity index (χ3v) is 4.18. The van der Waals surface area contributed by atoms with Crippen molar-refractivity contribution in [2.45, 2.75) is 31.6 Å². The molecule has 0 fully saturated rings. The van der Waals surface area contributed by atoms with Crippen molar-refractivity contribution in [3.8, 4) is 11.8 Å². The zero-order valence-corrected chi connectivity index (χ0v) is 12.3. The minimum absolute atomic E-state index is 0.0173. The molecule has 0 spiro atoms. The summed E-state index contributed by atoms with van der Waals surface area (Å²) in [5.74, 6) is 4.29. The van der Waals surface area contributed by atoms with E-state index in [1.165, 1.54) is 18.2 Å². The minimum Gasteiger partial charge on any atom is -0.478 e. The van der Waals surface area contributed by atoms with Gasteiger partial charge in [0.1, 0.15) is 0 Å². The van der Waals surface area contributed by atoms with Crippen LogP contribution in [0.1, 0.15) is 36.2 Å². The quantitative estimate of drug-likeness (QED) is 0.617. The Bertz CT molecular complexity index is 653. The van der Waals surface area contributed by atoms with Gasteiger partial charge in [0, 0.05) is 13.0 Å². The lowest BCUT2D eigenvalue weighted by molar-refractivity contribution is 0.0695. The maximum atomic E-state index is 12.0. The van der Waals surface area contributed by atoms with E-state index in [1.54, 1.807) is 6.92 Å². The molecule has 0 radical (unpaired) electrons. The topological polar surface area (TPSA) is 83.5 Å². The first-order valence-corrected chi connectivity index (χ1v) is 7.66. The average molecular weight is 295 g/mol. The number of carboxylic acid groups (broad SMARTS) is 1. The Labute approximate surface area is 119 Å². The maximum Gasteiger partial charge on any atom is 0.336 e. The van der Waals surface area contributed by atoms with Gasteiger partial charge >= 0.3 is 5.97 Å². The van der Waals surface area contributed by atoms with Gasteiger partial charge in [-0.15, -0.1) is 11.8 Å². The van der Waals surface area contributed by atoms with Gasteiger partial charge in [0.15, 0.2) is 0 Å². The van der Waals surface area contributed by atoms with Crippen molar-refractivity contribution in [2.24, 2.45) is 0 Å². The highest BCUT2D eigenvalue weighted by molar-refractivity contribution is 7.89. The van der Waals surface area contributed by atoms with E-state index < -0.39 is 16.0 Å². The monoisotopic (exact) mass is 295 g/mol. The van der Waals surface area contributed by atoms with Crippen molar-refractivity contribution in [1.29, 1.82) is 0 Å². The van der Waals surface area contributed by atoms with Crippen molar-refractivity contribution in [1.82, 2.24) is 4.72 Å². The Morgan fingerprint density at radius 3 is 2.65 bits per heavy atom. The van der Waals surface area contributed by atoms with Gasteiger partial charge in [0.05, 0.1) is 10.5 Å². The molecule has 1 aromatic rings. The van der Waals surface area contributed by atoms with Gasteiger partial charge in [-0.2, -0.15) is 0 Å². The molecule has 0 amide bonds. The van der Waals surface area contributed by atoms with E-state index >= 15 is 0 Å². The lowest BCUT2D eigenvalue weighted by atomic mass is 10.1. The molecule has 0 atom stereocenters. The lowest BCUT2D eigenvalue weighted by Gasteiger charge is -2.09. The molecule has 6 heteroatoms. The van der Waals surface area contributed by atoms with Crippen molar-refractivity contribution in [2.75, 3.05) is 6.54 Å². The Morgan fingerprint density at radius 1 is 1.40 bits per heavy atom. The smallest absolute Gasteiger partial charge is 0.336 e. The SMILES string of the molecule is CC#CCCNS(=O)(=O)c1ccc(CC)c(C(=O)O)c1. The molecule has 0 aliphatic carbocycles. The van der Waals surface area contributed by atoms with Crippen LogP contribution in [-0.4, -0.2) is 26.0 Å². The van der Waals surface area contributed by atoms with Crippen molar-refractivity contribution in [3.63, 3.8) is 0 Å². The van der Waals surface area contributed by atoms with Gasteiger partial charge in [-0.25, -0.2) is 17.9 Å². The van der Waals surface area contributed by atoms with Gasteiger partial charge in [0.25, 0.3) is 0 Å². The Morgan fingerprint density at radius 2 is 2.10 bits per heavy atom. The number of rotatable bonds is 6. The fraction of sp³-hybridized carbons (Fsp3) is 0.357. The summed E-state index contributed by atoms with van der Waals surface area (Å²) in [6.07, 6.45) is 0.941. The summed E-state index contributed by atoms with van der Waals surface area (Å²) in [4.78, 5) is 11.1. The number of aryl methyl sites for hydroxylation is 1. The molecule has 2 N–H and O–H groups in total. The van der Waals surface area contributed by atoms with E-state index in [-0.39, 0.29) is 17.0 Å². The number of aromatic carboxylic acids is 1. The predicted octanol–water partition coefficient (Wildman–Crippen LogP) is 1.64. The lowest BCUT2D eigenvalue weighted by Crippen LogP contribution is -2.25. The van der Waals surface area contributed by atoms with Gasteiger partial charge < -0.3 is 5.11 Å². The number of hydrogen-bond acceptors (Lipinski definition) is 3. The molecule has 0 bridgehead atoms. The highest BCUT2D eigenvalue weighted by Gasteiger charge is 2.17. The third-order valence-electron chi connectivity index (χ3n) is 2.72. The Balaban J connectivity index is 3.03. The fourth-order valence-corrected chi connectivity index (χ4v) is 2.74. The molecular weight excluding hydrogens is 278 g/mol. The van der Waals surface area contributed by atoms with E-state index in [4.69, 9.17) is 5.11 Å². The Kier molecular flexibility index (Phi) is 5.74. The molecule has 1 rings (SSSR count). The second-order valence-electron chi connectivity index (χ2n) is 4.05. The molecule has 0 saturated heterocycles. The van der Waals surface area contributed by atoms with Gasteiger partial charge in [-0.05, 0) is 31.0 Å². The number of sulfonamides is 1. The first-order valence-electron chi connectivity index (χ1n) is 6.18. The summed E-state index contributed by atoms with van der Waals surface area (Å²) in [6.45, 7) is 3.69. The third kappa shape index (κ3) is 4.08. The molecule has 0 aliphatic heterocycles. The van der Waals surface area contributed by atoms with Crippen molar-refractivity contribution in [3.05, 3.63) is 29.3 Å². The summed E-state index contributed by atoms with van der Waals surface area (Å²) in [7, 11) is -3.70. The second-order valence-corrected chi connectivity index (χ2v) is 5.82. The van der Waals surface area contributed by atoms with Gasteiger partial charge in [0.2, 0.25) is 10.0 Å². The van der Waals surface area contributed by atoms with Crippen molar-refractivity contribution < 1.29 is 18.3 Å². The molecule has 0 saturated carbocycles. The molecule has 20 heavy (non-hydrogen) atoms. The summed E-state index contributed by atoms with van der Waals surface area (Å²) < 4.78 is 26.4. The van der Waals surface area contributed by atoms with E-state index in [0.717, 1.165) is 0 Å². The summed E-state index contributed by atoms with van der Waals surface area (Å²) >= 11 is 0. The van der Waals surface area contributed by atoms with Crippen LogP contribution in [0.2, 0.25) is 0 Å². The molecule has 0 heterocycles. The normalized spacial score (nSPS) is 10.7. The van der Waals surface area contributed by atoms with Crippen molar-refractivity contribution >= 4 is 16.0 Å². The zero-order valence-electron chi connectivity index (χ0n) is 11.4. The fourth-order valence-electron chi connectivity index (χ4n) is 1.69. The molecule has 0 aliphatic rings. The van der Waals surface area contributed by atoms with E-state index in [0.29, 0.717) is 18.4 Å². The minimum atomic E-state index is -3.70. The van der Waals surface area contributed by atoms with Gasteiger partial charge in [-0.1, -0.05) is 13.0 Å². The maximum absolute atomic E-state index is 12.0. The van der Waals surface area contributed by atoms with Gasteiger partial charge in [-0.3, -0.25) is 0 Å². The number of benzene rings is 1. The molecular formula is C14H17NO4S. The van der Waals surface area contributed by atoms with E-state index in [1.807, 2.05) is 6.92 Å². The van der Waals surface area contributed by atoms with Crippen LogP contribution in [-0.2, 0) is 16.4 Å². The molecule has 108 valence electrons. The highest BCUT2D eigenvalue weighted by atomic mass is 32.2. The molecule has 5 nitrogen and oxygen atoms in total. The van der Waals surface area contributed by atoms with Crippen LogP contribution in [0, 0.1) is 11.8 Å². The summed E-state index contributed by atoms with van der Waals surface area (Å²) in [5, 5.41) is 9.10. The first kappa shape index (κ1) is 16.2. The molecule has 0 unspecified atom stereocenters. The standard InChI is InChI=1S/C14H17NO4S/c1-3-5-6-9-15-20(18,19)12-8-7-11(4-2)13(10-12)14(16)17/h7-8,10,15H,4,6,9H2,1-2H3,(H,16,17). The van der Waals surface area contributed by atoms with Crippen LogP contribution in [0.3, 0.4) is 0 Å². The largest absolute Gasteiger partial charge is 0.478 e. The number of carbonyl (C=O) groups is 1. The van der Waals surface area contributed by atoms with E-state index in [9.17, 15) is 13.2 Å². The summed E-state index contributed by atoms with van der Waals surface area (Å²) in [6, 6.07) is 4.14. The van der Waals surface area contributed by atoms with Crippen LogP contribution >= 0.6 is 0 Å².